The molecular formula is C15H13ClF2N2O3S. The summed E-state index contributed by atoms with van der Waals surface area (Å²) in [6.07, 6.45) is 0. The van der Waals surface area contributed by atoms with E-state index in [1.54, 1.807) is 6.92 Å². The molecule has 0 saturated heterocycles. The number of para-hydroxylation sites is 1. The van der Waals surface area contributed by atoms with Crippen molar-refractivity contribution >= 4 is 33.2 Å². The Hall–Kier alpha value is -2.03. The number of amides is 1. The van der Waals surface area contributed by atoms with Crippen LogP contribution in [0, 0.1) is 18.6 Å². The van der Waals surface area contributed by atoms with Gasteiger partial charge in [-0.2, -0.15) is 0 Å². The monoisotopic (exact) mass is 374 g/mol. The second-order valence-corrected chi connectivity index (χ2v) is 7.05. The summed E-state index contributed by atoms with van der Waals surface area (Å²) in [4.78, 5) is 11.6. The minimum Gasteiger partial charge on any atom is -0.320 e. The predicted octanol–water partition coefficient (Wildman–Crippen LogP) is 2.84. The van der Waals surface area contributed by atoms with Crippen LogP contribution in [-0.4, -0.2) is 20.9 Å². The number of hydrogen-bond acceptors (Lipinski definition) is 3. The molecule has 0 unspecified atom stereocenters. The van der Waals surface area contributed by atoms with Crippen molar-refractivity contribution in [3.8, 4) is 0 Å². The van der Waals surface area contributed by atoms with Gasteiger partial charge in [-0.3, -0.25) is 4.79 Å². The van der Waals surface area contributed by atoms with Gasteiger partial charge in [-0.1, -0.05) is 17.7 Å². The number of aryl methyl sites for hydroxylation is 1. The van der Waals surface area contributed by atoms with Crippen molar-refractivity contribution in [2.45, 2.75) is 11.8 Å². The summed E-state index contributed by atoms with van der Waals surface area (Å²) in [6.45, 7) is 0.951. The van der Waals surface area contributed by atoms with Crippen LogP contribution in [0.3, 0.4) is 0 Å². The highest BCUT2D eigenvalue weighted by Gasteiger charge is 2.18. The normalized spacial score (nSPS) is 11.3. The summed E-state index contributed by atoms with van der Waals surface area (Å²) < 4.78 is 53.1. The molecule has 0 aliphatic rings. The molecule has 9 heteroatoms. The lowest BCUT2D eigenvalue weighted by atomic mass is 10.2. The minimum atomic E-state index is -3.96. The molecule has 0 spiro atoms. The first-order valence-corrected chi connectivity index (χ1v) is 8.56. The van der Waals surface area contributed by atoms with E-state index in [1.165, 1.54) is 18.2 Å². The maximum absolute atomic E-state index is 13.4. The van der Waals surface area contributed by atoms with Gasteiger partial charge in [0, 0.05) is 5.02 Å². The van der Waals surface area contributed by atoms with Crippen molar-refractivity contribution in [3.05, 3.63) is 58.6 Å². The molecule has 0 aliphatic heterocycles. The van der Waals surface area contributed by atoms with Crippen LogP contribution < -0.4 is 10.0 Å². The Balaban J connectivity index is 2.06. The molecule has 2 aromatic rings. The number of nitrogens with one attached hydrogen (secondary N) is 2. The van der Waals surface area contributed by atoms with Crippen molar-refractivity contribution in [3.63, 3.8) is 0 Å². The number of carbonyl (C=O) groups excluding carboxylic acids is 1. The molecule has 2 N–H and O–H groups in total. The average Bonchev–Trinajstić information content (AvgIpc) is 2.52. The predicted molar refractivity (Wildman–Crippen MR) is 86.4 cm³/mol. The van der Waals surface area contributed by atoms with Crippen LogP contribution in [0.4, 0.5) is 14.5 Å². The third kappa shape index (κ3) is 4.28. The fourth-order valence-electron chi connectivity index (χ4n) is 1.83. The third-order valence-corrected chi connectivity index (χ3v) is 4.91. The molecule has 5 nitrogen and oxygen atoms in total. The van der Waals surface area contributed by atoms with Gasteiger partial charge in [0.05, 0.1) is 11.4 Å². The van der Waals surface area contributed by atoms with E-state index in [-0.39, 0.29) is 4.90 Å². The van der Waals surface area contributed by atoms with E-state index in [1.807, 2.05) is 5.32 Å². The highest BCUT2D eigenvalue weighted by atomic mass is 35.5. The Morgan fingerprint density at radius 2 is 1.79 bits per heavy atom. The van der Waals surface area contributed by atoms with Gasteiger partial charge < -0.3 is 5.32 Å². The standard InChI is InChI=1S/C15H13ClF2N2O3S/c1-9-7-10(5-6-11(9)16)24(22,23)19-8-14(21)20-15-12(17)3-2-4-13(15)18/h2-7,19H,8H2,1H3,(H,20,21). The average molecular weight is 375 g/mol. The third-order valence-electron chi connectivity index (χ3n) is 3.09. The van der Waals surface area contributed by atoms with Crippen LogP contribution in [0.2, 0.25) is 5.02 Å². The number of rotatable bonds is 5. The van der Waals surface area contributed by atoms with E-state index in [4.69, 9.17) is 11.6 Å². The van der Waals surface area contributed by atoms with Crippen LogP contribution in [-0.2, 0) is 14.8 Å². The molecule has 0 aliphatic carbocycles. The molecular weight excluding hydrogens is 362 g/mol. The van der Waals surface area contributed by atoms with Crippen molar-refractivity contribution in [2.75, 3.05) is 11.9 Å². The number of halogens is 3. The van der Waals surface area contributed by atoms with Gasteiger partial charge in [0.25, 0.3) is 0 Å². The lowest BCUT2D eigenvalue weighted by Gasteiger charge is -2.10. The molecule has 2 rings (SSSR count). The Kier molecular flexibility index (Phi) is 5.53. The van der Waals surface area contributed by atoms with Gasteiger partial charge in [-0.25, -0.2) is 21.9 Å². The summed E-state index contributed by atoms with van der Waals surface area (Å²) in [7, 11) is -3.96. The van der Waals surface area contributed by atoms with Gasteiger partial charge in [0.2, 0.25) is 15.9 Å². The number of anilines is 1. The van der Waals surface area contributed by atoms with Gasteiger partial charge in [-0.05, 0) is 42.8 Å². The molecule has 2 aromatic carbocycles. The molecule has 128 valence electrons. The molecule has 1 amide bonds. The van der Waals surface area contributed by atoms with Crippen molar-refractivity contribution in [1.29, 1.82) is 0 Å². The van der Waals surface area contributed by atoms with E-state index in [2.05, 4.69) is 4.72 Å². The largest absolute Gasteiger partial charge is 0.320 e. The second-order valence-electron chi connectivity index (χ2n) is 4.88. The van der Waals surface area contributed by atoms with Crippen LogP contribution >= 0.6 is 11.6 Å². The summed E-state index contributed by atoms with van der Waals surface area (Å²) >= 11 is 5.83. The van der Waals surface area contributed by atoms with E-state index in [0.29, 0.717) is 10.6 Å². The number of benzene rings is 2. The SMILES string of the molecule is Cc1cc(S(=O)(=O)NCC(=O)Nc2c(F)cccc2F)ccc1Cl. The van der Waals surface area contributed by atoms with Crippen molar-refractivity contribution in [1.82, 2.24) is 4.72 Å². The fraction of sp³-hybridized carbons (Fsp3) is 0.133. The zero-order chi connectivity index (χ0) is 17.9. The van der Waals surface area contributed by atoms with Crippen LogP contribution in [0.25, 0.3) is 0 Å². The first-order chi connectivity index (χ1) is 11.2. The maximum atomic E-state index is 13.4. The van der Waals surface area contributed by atoms with Gasteiger partial charge >= 0.3 is 0 Å². The van der Waals surface area contributed by atoms with E-state index >= 15 is 0 Å². The lowest BCUT2D eigenvalue weighted by Crippen LogP contribution is -2.33. The summed E-state index contributed by atoms with van der Waals surface area (Å²) in [6, 6.07) is 7.13. The van der Waals surface area contributed by atoms with Crippen LogP contribution in [0.5, 0.6) is 0 Å². The first kappa shape index (κ1) is 18.3. The van der Waals surface area contributed by atoms with Crippen LogP contribution in [0.15, 0.2) is 41.3 Å². The molecule has 0 aromatic heterocycles. The summed E-state index contributed by atoms with van der Waals surface area (Å²) in [5, 5.41) is 2.39. The van der Waals surface area contributed by atoms with Gasteiger partial charge in [-0.15, -0.1) is 0 Å². The molecule has 0 fully saturated rings. The number of carbonyl (C=O) groups is 1. The van der Waals surface area contributed by atoms with E-state index in [0.717, 1.165) is 18.2 Å². The van der Waals surface area contributed by atoms with Gasteiger partial charge in [0.15, 0.2) is 0 Å². The highest BCUT2D eigenvalue weighted by Crippen LogP contribution is 2.20. The minimum absolute atomic E-state index is 0.0747. The Bertz CT molecular complexity index is 868. The number of sulfonamides is 1. The first-order valence-electron chi connectivity index (χ1n) is 6.70. The molecule has 0 bridgehead atoms. The maximum Gasteiger partial charge on any atom is 0.241 e. The fourth-order valence-corrected chi connectivity index (χ4v) is 3.01. The zero-order valence-electron chi connectivity index (χ0n) is 12.4. The molecule has 0 saturated carbocycles. The lowest BCUT2D eigenvalue weighted by molar-refractivity contribution is -0.115. The van der Waals surface area contributed by atoms with Gasteiger partial charge in [0.1, 0.15) is 17.3 Å². The molecule has 0 radical (unpaired) electrons. The van der Waals surface area contributed by atoms with Crippen molar-refractivity contribution < 1.29 is 22.0 Å². The van der Waals surface area contributed by atoms with Crippen molar-refractivity contribution in [2.24, 2.45) is 0 Å². The molecule has 24 heavy (non-hydrogen) atoms. The van der Waals surface area contributed by atoms with Crippen LogP contribution in [0.1, 0.15) is 5.56 Å². The quantitative estimate of drug-likeness (QED) is 0.845. The Morgan fingerprint density at radius 1 is 1.17 bits per heavy atom. The Morgan fingerprint density at radius 3 is 2.38 bits per heavy atom. The highest BCUT2D eigenvalue weighted by molar-refractivity contribution is 7.89. The van der Waals surface area contributed by atoms with E-state index < -0.39 is 39.8 Å². The number of hydrogen-bond donors (Lipinski definition) is 2. The second kappa shape index (κ2) is 7.25. The Labute approximate surface area is 142 Å². The summed E-state index contributed by atoms with van der Waals surface area (Å²) in [5.41, 5.74) is -0.0820. The topological polar surface area (TPSA) is 75.3 Å². The van der Waals surface area contributed by atoms with E-state index in [9.17, 15) is 22.0 Å². The summed E-state index contributed by atoms with van der Waals surface area (Å²) in [5.74, 6) is -2.83. The zero-order valence-corrected chi connectivity index (χ0v) is 14.0. The molecule has 0 heterocycles. The molecule has 0 atom stereocenters. The smallest absolute Gasteiger partial charge is 0.241 e.